The van der Waals surface area contributed by atoms with Crippen LogP contribution in [0.3, 0.4) is 0 Å². The zero-order valence-corrected chi connectivity index (χ0v) is 16.2. The first kappa shape index (κ1) is 18.6. The topological polar surface area (TPSA) is 97.4 Å². The van der Waals surface area contributed by atoms with Crippen molar-refractivity contribution in [3.05, 3.63) is 89.3 Å². The molecule has 3 aromatic heterocycles. The standard InChI is InChI=1S/C19H17N3O4S2/c23-19(15-8-12-27-13-15,18-3-1-11-26-18)14-21-28(24,25)17-6-4-16(5-7-17)22-10-2-9-20-22/h1-13,21,23H,14H2. The minimum atomic E-state index is -3.84. The third-order valence-corrected chi connectivity index (χ3v) is 6.46. The van der Waals surface area contributed by atoms with E-state index >= 15 is 0 Å². The van der Waals surface area contributed by atoms with Crippen LogP contribution in [-0.4, -0.2) is 29.8 Å². The normalized spacial score (nSPS) is 14.0. The molecule has 3 heterocycles. The van der Waals surface area contributed by atoms with Crippen molar-refractivity contribution in [2.24, 2.45) is 0 Å². The van der Waals surface area contributed by atoms with E-state index in [-0.39, 0.29) is 17.2 Å². The Hall–Kier alpha value is -2.72. The molecule has 2 N–H and O–H groups in total. The van der Waals surface area contributed by atoms with Gasteiger partial charge >= 0.3 is 0 Å². The number of benzene rings is 1. The molecule has 1 atom stereocenters. The first-order valence-electron chi connectivity index (χ1n) is 8.38. The Labute approximate surface area is 165 Å². The molecular weight excluding hydrogens is 398 g/mol. The molecule has 4 aromatic rings. The van der Waals surface area contributed by atoms with E-state index in [1.165, 1.54) is 29.7 Å². The van der Waals surface area contributed by atoms with Crippen LogP contribution < -0.4 is 4.72 Å². The molecule has 0 radical (unpaired) electrons. The third-order valence-electron chi connectivity index (χ3n) is 4.36. The highest BCUT2D eigenvalue weighted by molar-refractivity contribution is 7.89. The van der Waals surface area contributed by atoms with Gasteiger partial charge in [-0.1, -0.05) is 0 Å². The van der Waals surface area contributed by atoms with Crippen molar-refractivity contribution in [2.45, 2.75) is 10.5 Å². The van der Waals surface area contributed by atoms with E-state index in [1.54, 1.807) is 58.9 Å². The lowest BCUT2D eigenvalue weighted by Gasteiger charge is -2.25. The maximum Gasteiger partial charge on any atom is 0.240 e. The molecule has 0 fully saturated rings. The number of aromatic nitrogens is 2. The highest BCUT2D eigenvalue weighted by atomic mass is 32.2. The van der Waals surface area contributed by atoms with Gasteiger partial charge in [0.1, 0.15) is 5.76 Å². The highest BCUT2D eigenvalue weighted by Gasteiger charge is 2.36. The van der Waals surface area contributed by atoms with Crippen molar-refractivity contribution in [3.8, 4) is 5.69 Å². The minimum Gasteiger partial charge on any atom is -0.466 e. The average Bonchev–Trinajstić information content (AvgIpc) is 3.49. The van der Waals surface area contributed by atoms with Crippen molar-refractivity contribution in [1.82, 2.24) is 14.5 Å². The van der Waals surface area contributed by atoms with Gasteiger partial charge in [-0.05, 0) is 59.3 Å². The van der Waals surface area contributed by atoms with Crippen LogP contribution in [0.15, 0.2) is 87.3 Å². The summed E-state index contributed by atoms with van der Waals surface area (Å²) in [4.78, 5) is 0.0931. The van der Waals surface area contributed by atoms with Gasteiger partial charge in [0.05, 0.1) is 23.4 Å². The molecule has 0 saturated carbocycles. The molecule has 7 nitrogen and oxygen atoms in total. The summed E-state index contributed by atoms with van der Waals surface area (Å²) in [6.07, 6.45) is 4.85. The third kappa shape index (κ3) is 3.52. The molecule has 28 heavy (non-hydrogen) atoms. The Balaban J connectivity index is 1.57. The lowest BCUT2D eigenvalue weighted by atomic mass is 9.94. The molecule has 0 bridgehead atoms. The first-order valence-corrected chi connectivity index (χ1v) is 10.8. The maximum absolute atomic E-state index is 12.7. The van der Waals surface area contributed by atoms with Crippen LogP contribution in [0.1, 0.15) is 11.3 Å². The smallest absolute Gasteiger partial charge is 0.240 e. The van der Waals surface area contributed by atoms with Gasteiger partial charge in [-0.25, -0.2) is 17.8 Å². The van der Waals surface area contributed by atoms with Crippen molar-refractivity contribution in [2.75, 3.05) is 6.54 Å². The SMILES string of the molecule is O=S(=O)(NCC(O)(c1ccsc1)c1ccco1)c1ccc(-n2cccn2)cc1. The second-order valence-electron chi connectivity index (χ2n) is 6.12. The number of hydrogen-bond acceptors (Lipinski definition) is 6. The Bertz CT molecular complexity index is 1080. The number of thiophene rings is 1. The number of nitrogens with zero attached hydrogens (tertiary/aromatic N) is 2. The zero-order chi connectivity index (χ0) is 19.6. The number of nitrogens with one attached hydrogen (secondary N) is 1. The summed E-state index contributed by atoms with van der Waals surface area (Å²) in [5.74, 6) is 0.266. The summed E-state index contributed by atoms with van der Waals surface area (Å²) >= 11 is 1.41. The van der Waals surface area contributed by atoms with Gasteiger partial charge < -0.3 is 9.52 Å². The minimum absolute atomic E-state index is 0.0931. The molecule has 0 aliphatic carbocycles. The van der Waals surface area contributed by atoms with Crippen LogP contribution in [0.4, 0.5) is 0 Å². The second kappa shape index (κ2) is 7.36. The number of hydrogen-bond donors (Lipinski definition) is 2. The summed E-state index contributed by atoms with van der Waals surface area (Å²) in [6, 6.07) is 13.1. The second-order valence-corrected chi connectivity index (χ2v) is 8.67. The first-order chi connectivity index (χ1) is 13.5. The molecule has 9 heteroatoms. The molecule has 1 unspecified atom stereocenters. The van der Waals surface area contributed by atoms with Crippen LogP contribution in [0.2, 0.25) is 0 Å². The van der Waals surface area contributed by atoms with E-state index in [0.717, 1.165) is 5.69 Å². The number of furan rings is 1. The van der Waals surface area contributed by atoms with Crippen molar-refractivity contribution in [3.63, 3.8) is 0 Å². The van der Waals surface area contributed by atoms with Crippen LogP contribution in [0.5, 0.6) is 0 Å². The van der Waals surface area contributed by atoms with Crippen molar-refractivity contribution in [1.29, 1.82) is 0 Å². The van der Waals surface area contributed by atoms with E-state index in [4.69, 9.17) is 4.42 Å². The number of rotatable bonds is 7. The van der Waals surface area contributed by atoms with Crippen LogP contribution in [-0.2, 0) is 15.6 Å². The summed E-state index contributed by atoms with van der Waals surface area (Å²) in [5, 5.41) is 18.9. The van der Waals surface area contributed by atoms with E-state index in [2.05, 4.69) is 9.82 Å². The Kier molecular flexibility index (Phi) is 4.90. The lowest BCUT2D eigenvalue weighted by molar-refractivity contribution is 0.0623. The highest BCUT2D eigenvalue weighted by Crippen LogP contribution is 2.31. The molecule has 0 amide bonds. The van der Waals surface area contributed by atoms with Crippen molar-refractivity contribution < 1.29 is 17.9 Å². The van der Waals surface area contributed by atoms with Gasteiger partial charge in [0.25, 0.3) is 0 Å². The van der Waals surface area contributed by atoms with Crippen LogP contribution in [0, 0.1) is 0 Å². The Morgan fingerprint density at radius 3 is 2.61 bits per heavy atom. The fourth-order valence-electron chi connectivity index (χ4n) is 2.83. The van der Waals surface area contributed by atoms with E-state index in [9.17, 15) is 13.5 Å². The fraction of sp³-hybridized carbons (Fsp3) is 0.105. The predicted octanol–water partition coefficient (Wildman–Crippen LogP) is 2.74. The van der Waals surface area contributed by atoms with Gasteiger partial charge in [0, 0.05) is 18.0 Å². The van der Waals surface area contributed by atoms with Gasteiger partial charge in [-0.2, -0.15) is 16.4 Å². The average molecular weight is 415 g/mol. The number of aliphatic hydroxyl groups is 1. The Morgan fingerprint density at radius 2 is 2.00 bits per heavy atom. The molecule has 1 aromatic carbocycles. The zero-order valence-electron chi connectivity index (χ0n) is 14.6. The van der Waals surface area contributed by atoms with Crippen LogP contribution in [0.25, 0.3) is 5.69 Å². The summed E-state index contributed by atoms with van der Waals surface area (Å²) in [5.41, 5.74) is -0.301. The largest absolute Gasteiger partial charge is 0.466 e. The molecule has 4 rings (SSSR count). The van der Waals surface area contributed by atoms with E-state index < -0.39 is 15.6 Å². The summed E-state index contributed by atoms with van der Waals surface area (Å²) in [7, 11) is -3.84. The molecule has 0 aliphatic rings. The van der Waals surface area contributed by atoms with E-state index in [1.807, 2.05) is 5.38 Å². The quantitative estimate of drug-likeness (QED) is 0.484. The fourth-order valence-corrected chi connectivity index (χ4v) is 4.61. The predicted molar refractivity (Wildman–Crippen MR) is 105 cm³/mol. The maximum atomic E-state index is 12.7. The molecular formula is C19H17N3O4S2. The van der Waals surface area contributed by atoms with Gasteiger partial charge in [0.2, 0.25) is 10.0 Å². The molecule has 144 valence electrons. The molecule has 0 saturated heterocycles. The van der Waals surface area contributed by atoms with Crippen molar-refractivity contribution >= 4 is 21.4 Å². The lowest BCUT2D eigenvalue weighted by Crippen LogP contribution is -2.41. The molecule has 0 aliphatic heterocycles. The summed E-state index contributed by atoms with van der Waals surface area (Å²) < 4.78 is 35.0. The number of sulfonamides is 1. The monoisotopic (exact) mass is 415 g/mol. The summed E-state index contributed by atoms with van der Waals surface area (Å²) in [6.45, 7) is -0.263. The van der Waals surface area contributed by atoms with Crippen LogP contribution >= 0.6 is 11.3 Å². The molecule has 0 spiro atoms. The van der Waals surface area contributed by atoms with Gasteiger partial charge in [-0.3, -0.25) is 0 Å². The van der Waals surface area contributed by atoms with E-state index in [0.29, 0.717) is 5.56 Å². The van der Waals surface area contributed by atoms with Gasteiger partial charge in [-0.15, -0.1) is 0 Å². The van der Waals surface area contributed by atoms with Gasteiger partial charge in [0.15, 0.2) is 5.60 Å². The Morgan fingerprint density at radius 1 is 1.18 bits per heavy atom.